The fourth-order valence-corrected chi connectivity index (χ4v) is 5.44. The number of thiazole rings is 1. The second kappa shape index (κ2) is 3.96. The third kappa shape index (κ3) is 1.84. The van der Waals surface area contributed by atoms with Gasteiger partial charge in [0.1, 0.15) is 6.10 Å². The molecule has 4 fully saturated rings. The van der Waals surface area contributed by atoms with E-state index in [0.29, 0.717) is 17.9 Å². The summed E-state index contributed by atoms with van der Waals surface area (Å²) in [5.74, 6) is 2.09. The molecule has 94 valence electrons. The molecule has 1 aromatic rings. The molecule has 18 heavy (non-hydrogen) atoms. The van der Waals surface area contributed by atoms with E-state index in [-0.39, 0.29) is 0 Å². The molecule has 0 N–H and O–H groups in total. The maximum absolute atomic E-state index is 6.44. The van der Waals surface area contributed by atoms with Crippen LogP contribution in [0.25, 0.3) is 0 Å². The summed E-state index contributed by atoms with van der Waals surface area (Å²) in [7, 11) is 6.44. The summed E-state index contributed by atoms with van der Waals surface area (Å²) in [4.78, 5) is 4.30. The summed E-state index contributed by atoms with van der Waals surface area (Å²) < 4.78 is 8.00. The van der Waals surface area contributed by atoms with Crippen LogP contribution < -0.4 is 4.74 Å². The summed E-state index contributed by atoms with van der Waals surface area (Å²) >= 11 is 5.01. The largest absolute Gasteiger partial charge is 0.481 e. The van der Waals surface area contributed by atoms with Gasteiger partial charge in [-0.2, -0.15) is 0 Å². The Bertz CT molecular complexity index is 466. The van der Waals surface area contributed by atoms with Crippen LogP contribution in [0.2, 0.25) is 0 Å². The molecule has 5 rings (SSSR count). The van der Waals surface area contributed by atoms with Crippen LogP contribution in [0.15, 0.2) is 9.98 Å². The Morgan fingerprint density at radius 1 is 1.33 bits per heavy atom. The number of halogens is 1. The van der Waals surface area contributed by atoms with Crippen LogP contribution in [-0.4, -0.2) is 43.1 Å². The minimum Gasteiger partial charge on any atom is -0.466 e. The van der Waals surface area contributed by atoms with E-state index in [1.807, 2.05) is 6.20 Å². The monoisotopic (exact) mass is 325 g/mol. The molecule has 4 bridgehead atoms. The highest BCUT2D eigenvalue weighted by molar-refractivity contribution is 9.11. The summed E-state index contributed by atoms with van der Waals surface area (Å²) in [5.41, 5.74) is 0. The summed E-state index contributed by atoms with van der Waals surface area (Å²) in [6.07, 6.45) is 4.75. The molecular weight excluding hydrogens is 311 g/mol. The number of hydrogen-bond acceptors (Lipinski definition) is 3. The van der Waals surface area contributed by atoms with Crippen molar-refractivity contribution in [3.8, 4) is 5.19 Å². The van der Waals surface area contributed by atoms with E-state index in [1.54, 1.807) is 11.3 Å². The predicted molar refractivity (Wildman–Crippen MR) is 74.5 cm³/mol. The van der Waals surface area contributed by atoms with Crippen molar-refractivity contribution in [2.24, 2.45) is 17.8 Å². The molecule has 2 atom stereocenters. The van der Waals surface area contributed by atoms with Gasteiger partial charge in [0.2, 0.25) is 0 Å². The van der Waals surface area contributed by atoms with Crippen LogP contribution in [0.4, 0.5) is 0 Å². The molecule has 0 spiro atoms. The van der Waals surface area contributed by atoms with E-state index in [4.69, 9.17) is 12.7 Å². The zero-order valence-corrected chi connectivity index (χ0v) is 12.5. The molecule has 3 aliphatic heterocycles. The smallest absolute Gasteiger partial charge is 0.466 e. The van der Waals surface area contributed by atoms with Crippen LogP contribution in [0.5, 0.6) is 5.19 Å². The second-order valence-corrected chi connectivity index (χ2v) is 8.51. The molecule has 6 heteroatoms. The lowest BCUT2D eigenvalue weighted by Gasteiger charge is -2.59. The van der Waals surface area contributed by atoms with Crippen LogP contribution >= 0.6 is 27.3 Å². The number of rotatable bonds is 2. The number of piperidine rings is 3. The van der Waals surface area contributed by atoms with E-state index in [9.17, 15) is 0 Å². The Hall–Kier alpha value is -0.0651. The number of nitrogens with zero attached hydrogens (tertiary/aromatic N) is 2. The molecule has 2 radical (unpaired) electrons. The van der Waals surface area contributed by atoms with Crippen LogP contribution in [-0.2, 0) is 0 Å². The summed E-state index contributed by atoms with van der Waals surface area (Å²) in [6.45, 7) is 3.36. The van der Waals surface area contributed by atoms with Crippen molar-refractivity contribution >= 4 is 35.2 Å². The van der Waals surface area contributed by atoms with Crippen molar-refractivity contribution in [2.45, 2.75) is 18.9 Å². The van der Waals surface area contributed by atoms with E-state index in [1.165, 1.54) is 19.4 Å². The van der Waals surface area contributed by atoms with E-state index in [2.05, 4.69) is 20.9 Å². The van der Waals surface area contributed by atoms with Crippen molar-refractivity contribution in [3.63, 3.8) is 0 Å². The molecule has 2 unspecified atom stereocenters. The summed E-state index contributed by atoms with van der Waals surface area (Å²) in [6, 6.07) is 0. The highest BCUT2D eigenvalue weighted by Crippen LogP contribution is 2.47. The molecule has 1 aromatic heterocycles. The van der Waals surface area contributed by atoms with Gasteiger partial charge >= 0.3 is 7.98 Å². The normalized spacial score (nSPS) is 45.4. The molecule has 3 nitrogen and oxygen atoms in total. The second-order valence-electron chi connectivity index (χ2n) is 6.14. The van der Waals surface area contributed by atoms with Crippen molar-refractivity contribution in [2.75, 3.05) is 19.6 Å². The standard InChI is InChI=1S/C12H15BBrN2OS/c13-16-4-7-1-8(5-16)11(9(2-7)6-16)17-12-15-3-10(14)18-12/h3,7-9,11H,1-2,4-6H2/q+1. The fourth-order valence-electron chi connectivity index (χ4n) is 4.39. The Labute approximate surface area is 121 Å². The topological polar surface area (TPSA) is 22.1 Å². The van der Waals surface area contributed by atoms with Gasteiger partial charge in [0.25, 0.3) is 5.19 Å². The first-order chi connectivity index (χ1) is 8.61. The molecule has 4 aliphatic rings. The highest BCUT2D eigenvalue weighted by Gasteiger charge is 2.55. The third-order valence-corrected chi connectivity index (χ3v) is 6.08. The maximum Gasteiger partial charge on any atom is 0.481 e. The van der Waals surface area contributed by atoms with Crippen LogP contribution in [0, 0.1) is 17.8 Å². The zero-order chi connectivity index (χ0) is 12.3. The average molecular weight is 326 g/mol. The van der Waals surface area contributed by atoms with Crippen molar-refractivity contribution < 1.29 is 9.13 Å². The van der Waals surface area contributed by atoms with Crippen LogP contribution in [0.1, 0.15) is 12.8 Å². The van der Waals surface area contributed by atoms with E-state index < -0.39 is 0 Å². The number of hydrogen-bond donors (Lipinski definition) is 0. The Morgan fingerprint density at radius 3 is 2.61 bits per heavy atom. The van der Waals surface area contributed by atoms with Crippen molar-refractivity contribution in [3.05, 3.63) is 9.98 Å². The first-order valence-electron chi connectivity index (χ1n) is 6.54. The lowest BCUT2D eigenvalue weighted by molar-refractivity contribution is -0.852. The molecular formula is C12H15BBrN2OS+. The highest BCUT2D eigenvalue weighted by atomic mass is 79.9. The van der Waals surface area contributed by atoms with Gasteiger partial charge < -0.3 is 9.13 Å². The first-order valence-corrected chi connectivity index (χ1v) is 8.15. The van der Waals surface area contributed by atoms with Gasteiger partial charge in [-0.3, -0.25) is 0 Å². The number of aromatic nitrogens is 1. The third-order valence-electron chi connectivity index (χ3n) is 4.71. The first kappa shape index (κ1) is 11.7. The van der Waals surface area contributed by atoms with E-state index >= 15 is 0 Å². The van der Waals surface area contributed by atoms with Gasteiger partial charge in [-0.1, -0.05) is 11.3 Å². The lowest BCUT2D eigenvalue weighted by Crippen LogP contribution is -2.70. The molecule has 0 amide bonds. The Kier molecular flexibility index (Phi) is 2.58. The Balaban J connectivity index is 1.56. The van der Waals surface area contributed by atoms with Gasteiger partial charge in [0.05, 0.1) is 29.6 Å². The minimum absolute atomic E-state index is 0.342. The van der Waals surface area contributed by atoms with Crippen molar-refractivity contribution in [1.29, 1.82) is 0 Å². The van der Waals surface area contributed by atoms with E-state index in [0.717, 1.165) is 32.4 Å². The predicted octanol–water partition coefficient (Wildman–Crippen LogP) is 2.22. The quantitative estimate of drug-likeness (QED) is 0.778. The summed E-state index contributed by atoms with van der Waals surface area (Å²) in [5, 5.41) is 0.804. The fraction of sp³-hybridized carbons (Fsp3) is 0.750. The zero-order valence-electron chi connectivity index (χ0n) is 10.1. The van der Waals surface area contributed by atoms with Gasteiger partial charge in [-0.25, -0.2) is 4.98 Å². The lowest BCUT2D eigenvalue weighted by atomic mass is 9.63. The van der Waals surface area contributed by atoms with Gasteiger partial charge in [-0.15, -0.1) is 0 Å². The Morgan fingerprint density at radius 2 is 2.06 bits per heavy atom. The van der Waals surface area contributed by atoms with Gasteiger partial charge in [-0.05, 0) is 28.8 Å². The molecule has 0 aromatic carbocycles. The molecule has 1 aliphatic carbocycles. The molecule has 4 heterocycles. The maximum atomic E-state index is 6.44. The van der Waals surface area contributed by atoms with Crippen LogP contribution in [0.3, 0.4) is 0 Å². The van der Waals surface area contributed by atoms with Gasteiger partial charge in [0.15, 0.2) is 0 Å². The SMILES string of the molecule is [B][N+]12CC3CC(C1)C(Oc1ncc(Br)s1)C(C3)C2. The molecule has 3 saturated heterocycles. The number of ether oxygens (including phenoxy) is 1. The molecule has 1 saturated carbocycles. The van der Waals surface area contributed by atoms with Crippen molar-refractivity contribution in [1.82, 2.24) is 4.98 Å². The average Bonchev–Trinajstić information content (AvgIpc) is 2.67. The van der Waals surface area contributed by atoms with Gasteiger partial charge in [0, 0.05) is 17.8 Å². The number of quaternary nitrogens is 1. The minimum atomic E-state index is 0.342.